The van der Waals surface area contributed by atoms with Crippen LogP contribution in [0.15, 0.2) is 29.2 Å². The molecule has 0 bridgehead atoms. The molecule has 1 aromatic heterocycles. The molecule has 5 amide bonds. The number of sulfonamides is 1. The molecule has 3 rings (SSSR count). The van der Waals surface area contributed by atoms with E-state index in [1.54, 1.807) is 17.0 Å². The van der Waals surface area contributed by atoms with Gasteiger partial charge in [0.25, 0.3) is 11.8 Å². The Hall–Kier alpha value is -4.31. The van der Waals surface area contributed by atoms with Crippen molar-refractivity contribution in [2.45, 2.75) is 24.8 Å². The van der Waals surface area contributed by atoms with Crippen LogP contribution in [-0.4, -0.2) is 68.1 Å². The lowest BCUT2D eigenvalue weighted by molar-refractivity contribution is -0.129. The summed E-state index contributed by atoms with van der Waals surface area (Å²) in [5.41, 5.74) is 0.819. The van der Waals surface area contributed by atoms with E-state index in [2.05, 4.69) is 16.0 Å². The Kier molecular flexibility index (Phi) is 8.80. The van der Waals surface area contributed by atoms with Gasteiger partial charge in [-0.05, 0) is 36.2 Å². The monoisotopic (exact) mass is 557 g/mol. The Labute approximate surface area is 222 Å². The smallest absolute Gasteiger partial charge is 0.321 e. The van der Waals surface area contributed by atoms with Crippen LogP contribution in [0.25, 0.3) is 0 Å². The van der Waals surface area contributed by atoms with Crippen molar-refractivity contribution in [1.82, 2.24) is 19.8 Å². The first-order chi connectivity index (χ1) is 18.0. The Morgan fingerprint density at radius 3 is 2.26 bits per heavy atom. The average Bonchev–Trinajstić information content (AvgIpc) is 3.25. The summed E-state index contributed by atoms with van der Waals surface area (Å²) in [6, 6.07) is 7.53. The van der Waals surface area contributed by atoms with Crippen LogP contribution in [0.5, 0.6) is 0 Å². The fourth-order valence-corrected chi connectivity index (χ4v) is 6.20. The van der Waals surface area contributed by atoms with E-state index in [0.717, 1.165) is 11.3 Å². The molecule has 2 aromatic rings. The minimum absolute atomic E-state index is 0.0745. The quantitative estimate of drug-likeness (QED) is 0.420. The molecule has 0 radical (unpaired) electrons. The second kappa shape index (κ2) is 11.8. The van der Waals surface area contributed by atoms with Crippen molar-refractivity contribution in [2.75, 3.05) is 32.0 Å². The second-order valence-electron chi connectivity index (χ2n) is 8.00. The first-order valence-electron chi connectivity index (χ1n) is 11.1. The highest BCUT2D eigenvalue weighted by Gasteiger charge is 2.30. The highest BCUT2D eigenvalue weighted by molar-refractivity contribution is 7.89. The normalized spacial score (nSPS) is 12.6. The number of imide groups is 1. The molecule has 0 saturated heterocycles. The summed E-state index contributed by atoms with van der Waals surface area (Å²) in [4.78, 5) is 51.6. The zero-order valence-electron chi connectivity index (χ0n) is 20.4. The molecule has 13 nitrogen and oxygen atoms in total. The van der Waals surface area contributed by atoms with Crippen LogP contribution >= 0.6 is 11.3 Å². The number of carbonyl (C=O) groups is 4. The summed E-state index contributed by atoms with van der Waals surface area (Å²) in [6.07, 6.45) is 0.353. The van der Waals surface area contributed by atoms with Gasteiger partial charge in [-0.2, -0.15) is 14.8 Å². The van der Waals surface area contributed by atoms with Gasteiger partial charge in [-0.25, -0.2) is 13.2 Å². The minimum Gasteiger partial charge on any atom is -0.341 e. The number of benzene rings is 1. The van der Waals surface area contributed by atoms with Gasteiger partial charge in [0.15, 0.2) is 0 Å². The van der Waals surface area contributed by atoms with E-state index in [9.17, 15) is 27.6 Å². The average molecular weight is 558 g/mol. The van der Waals surface area contributed by atoms with Gasteiger partial charge < -0.3 is 15.5 Å². The Morgan fingerprint density at radius 2 is 1.71 bits per heavy atom. The number of anilines is 1. The Morgan fingerprint density at radius 1 is 1.08 bits per heavy atom. The van der Waals surface area contributed by atoms with Gasteiger partial charge in [-0.15, -0.1) is 11.3 Å². The summed E-state index contributed by atoms with van der Waals surface area (Å²) < 4.78 is 26.2. The number of nitriles is 2. The molecule has 0 spiro atoms. The van der Waals surface area contributed by atoms with Gasteiger partial charge >= 0.3 is 6.03 Å². The van der Waals surface area contributed by atoms with Crippen LogP contribution in [-0.2, 0) is 27.8 Å². The number of hydrogen-bond donors (Lipinski definition) is 3. The zero-order valence-corrected chi connectivity index (χ0v) is 22.0. The number of urea groups is 1. The molecule has 38 heavy (non-hydrogen) atoms. The van der Waals surface area contributed by atoms with Gasteiger partial charge in [-0.1, -0.05) is 0 Å². The van der Waals surface area contributed by atoms with Crippen molar-refractivity contribution in [1.29, 1.82) is 10.5 Å². The fraction of sp³-hybridized carbons (Fsp3) is 0.304. The SMILES string of the molecule is CNC(=O)NC(=O)c1c(NC(=O)c2ccc(S(=O)(=O)N(CC#N)CC#N)cc2)sc2c1CCN(C(C)=O)C2. The highest BCUT2D eigenvalue weighted by atomic mass is 32.2. The number of nitrogens with zero attached hydrogens (tertiary/aromatic N) is 4. The van der Waals surface area contributed by atoms with Crippen molar-refractivity contribution in [3.8, 4) is 12.1 Å². The van der Waals surface area contributed by atoms with E-state index in [1.165, 1.54) is 38.2 Å². The van der Waals surface area contributed by atoms with Crippen molar-refractivity contribution < 1.29 is 27.6 Å². The van der Waals surface area contributed by atoms with E-state index in [4.69, 9.17) is 10.5 Å². The van der Waals surface area contributed by atoms with Crippen molar-refractivity contribution in [2.24, 2.45) is 0 Å². The fourth-order valence-electron chi connectivity index (χ4n) is 3.71. The number of nitrogens with one attached hydrogen (secondary N) is 3. The number of carbonyl (C=O) groups excluding carboxylic acids is 4. The maximum Gasteiger partial charge on any atom is 0.321 e. The summed E-state index contributed by atoms with van der Waals surface area (Å²) in [5.74, 6) is -1.50. The molecule has 0 aliphatic carbocycles. The first-order valence-corrected chi connectivity index (χ1v) is 13.4. The first kappa shape index (κ1) is 28.3. The van der Waals surface area contributed by atoms with Gasteiger partial charge in [0.05, 0.1) is 29.1 Å². The van der Waals surface area contributed by atoms with E-state index in [1.807, 2.05) is 0 Å². The number of fused-ring (bicyclic) bond motifs is 1. The van der Waals surface area contributed by atoms with Crippen molar-refractivity contribution >= 4 is 50.1 Å². The molecule has 1 aliphatic heterocycles. The van der Waals surface area contributed by atoms with Crippen molar-refractivity contribution in [3.05, 3.63) is 45.8 Å². The number of rotatable bonds is 7. The van der Waals surface area contributed by atoms with Gasteiger partial charge in [-0.3, -0.25) is 19.7 Å². The lowest BCUT2D eigenvalue weighted by Crippen LogP contribution is -2.39. The number of hydrogen-bond acceptors (Lipinski definition) is 9. The summed E-state index contributed by atoms with van der Waals surface area (Å²) in [7, 11) is -2.79. The van der Waals surface area contributed by atoms with Crippen LogP contribution in [0.4, 0.5) is 9.80 Å². The van der Waals surface area contributed by atoms with Gasteiger partial charge in [0.1, 0.15) is 18.1 Å². The molecule has 1 aromatic carbocycles. The van der Waals surface area contributed by atoms with E-state index in [-0.39, 0.29) is 33.5 Å². The lowest BCUT2D eigenvalue weighted by Gasteiger charge is -2.26. The molecule has 0 unspecified atom stereocenters. The van der Waals surface area contributed by atoms with Crippen LogP contribution in [0.3, 0.4) is 0 Å². The maximum atomic E-state index is 13.0. The third kappa shape index (κ3) is 5.97. The maximum absolute atomic E-state index is 13.0. The molecule has 0 fully saturated rings. The Bertz CT molecular complexity index is 1450. The third-order valence-electron chi connectivity index (χ3n) is 5.66. The van der Waals surface area contributed by atoms with Crippen LogP contribution < -0.4 is 16.0 Å². The highest BCUT2D eigenvalue weighted by Crippen LogP contribution is 2.37. The topological polar surface area (TPSA) is 193 Å². The summed E-state index contributed by atoms with van der Waals surface area (Å²) in [5, 5.41) is 25.1. The molecular weight excluding hydrogens is 534 g/mol. The summed E-state index contributed by atoms with van der Waals surface area (Å²) in [6.45, 7) is 1.04. The predicted octanol–water partition coefficient (Wildman–Crippen LogP) is 1.01. The van der Waals surface area contributed by atoms with E-state index < -0.39 is 41.0 Å². The second-order valence-corrected chi connectivity index (χ2v) is 11.0. The predicted molar refractivity (Wildman–Crippen MR) is 135 cm³/mol. The molecule has 15 heteroatoms. The molecule has 3 N–H and O–H groups in total. The summed E-state index contributed by atoms with van der Waals surface area (Å²) >= 11 is 1.11. The molecule has 0 atom stereocenters. The van der Waals surface area contributed by atoms with Crippen LogP contribution in [0.2, 0.25) is 0 Å². The van der Waals surface area contributed by atoms with Crippen LogP contribution in [0.1, 0.15) is 38.1 Å². The van der Waals surface area contributed by atoms with E-state index >= 15 is 0 Å². The largest absolute Gasteiger partial charge is 0.341 e. The van der Waals surface area contributed by atoms with Crippen LogP contribution in [0, 0.1) is 22.7 Å². The third-order valence-corrected chi connectivity index (χ3v) is 8.60. The Balaban J connectivity index is 1.90. The minimum atomic E-state index is -4.14. The van der Waals surface area contributed by atoms with E-state index in [0.29, 0.717) is 27.7 Å². The van der Waals surface area contributed by atoms with Crippen molar-refractivity contribution in [3.63, 3.8) is 0 Å². The molecule has 0 saturated carbocycles. The molecular formula is C23H23N7O6S2. The standard InChI is InChI=1S/C23H23N7O6S2/c1-14(31)29-10-7-17-18(13-29)37-22(19(17)21(33)28-23(34)26-2)27-20(32)15-3-5-16(6-4-15)38(35,36)30(11-8-24)12-9-25/h3-6H,7,10-13H2,1-2H3,(H,27,32)(H2,26,28,33,34). The molecule has 198 valence electrons. The molecule has 2 heterocycles. The lowest BCUT2D eigenvalue weighted by atomic mass is 10.0. The molecule has 1 aliphatic rings. The number of thiophene rings is 1. The number of amides is 5. The van der Waals surface area contributed by atoms with Gasteiger partial charge in [0, 0.05) is 31.0 Å². The zero-order chi connectivity index (χ0) is 28.0. The van der Waals surface area contributed by atoms with Gasteiger partial charge in [0.2, 0.25) is 15.9 Å².